The second-order valence-electron chi connectivity index (χ2n) is 4.72. The van der Waals surface area contributed by atoms with Crippen LogP contribution in [0.4, 0.5) is 4.39 Å². The van der Waals surface area contributed by atoms with Gasteiger partial charge in [-0.25, -0.2) is 4.39 Å². The minimum atomic E-state index is -0.426. The van der Waals surface area contributed by atoms with Crippen molar-refractivity contribution in [1.82, 2.24) is 10.3 Å². The van der Waals surface area contributed by atoms with Gasteiger partial charge in [0.15, 0.2) is 5.84 Å². The summed E-state index contributed by atoms with van der Waals surface area (Å²) in [5.74, 6) is -0.541. The summed E-state index contributed by atoms with van der Waals surface area (Å²) >= 11 is 0. The van der Waals surface area contributed by atoms with Gasteiger partial charge in [0.25, 0.3) is 0 Å². The number of benzene rings is 1. The van der Waals surface area contributed by atoms with E-state index in [2.05, 4.69) is 15.5 Å². The first kappa shape index (κ1) is 14.9. The Morgan fingerprint density at radius 1 is 1.48 bits per heavy atom. The SMILES string of the molecule is C[C@@H](NCc1cc(F)cc(/C(N)=N/O)c1)c1cccnc1. The molecule has 1 aromatic carbocycles. The third-order valence-electron chi connectivity index (χ3n) is 3.16. The molecule has 0 fully saturated rings. The number of nitrogens with two attached hydrogens (primary N) is 1. The number of amidine groups is 1. The quantitative estimate of drug-likeness (QED) is 0.341. The molecule has 0 bridgehead atoms. The van der Waals surface area contributed by atoms with Crippen molar-refractivity contribution in [3.63, 3.8) is 0 Å². The van der Waals surface area contributed by atoms with Crippen LogP contribution in [0.1, 0.15) is 29.7 Å². The molecule has 0 saturated carbocycles. The number of hydrogen-bond acceptors (Lipinski definition) is 4. The van der Waals surface area contributed by atoms with Crippen molar-refractivity contribution in [3.05, 3.63) is 65.2 Å². The van der Waals surface area contributed by atoms with Crippen LogP contribution in [0, 0.1) is 5.82 Å². The standard InChI is InChI=1S/C15H17FN4O/c1-10(12-3-2-4-18-9-12)19-8-11-5-13(15(17)20-21)7-14(16)6-11/h2-7,9-10,19,21H,8H2,1H3,(H2,17,20)/t10-/m1/s1. The number of hydrogen-bond donors (Lipinski definition) is 3. The average molecular weight is 288 g/mol. The highest BCUT2D eigenvalue weighted by Gasteiger charge is 2.08. The second-order valence-corrected chi connectivity index (χ2v) is 4.72. The van der Waals surface area contributed by atoms with E-state index in [1.165, 1.54) is 12.1 Å². The van der Waals surface area contributed by atoms with Crippen molar-refractivity contribution < 1.29 is 9.60 Å². The summed E-state index contributed by atoms with van der Waals surface area (Å²) in [6.45, 7) is 2.46. The van der Waals surface area contributed by atoms with Gasteiger partial charge in [-0.1, -0.05) is 11.2 Å². The lowest BCUT2D eigenvalue weighted by atomic mass is 10.1. The third-order valence-corrected chi connectivity index (χ3v) is 3.16. The molecule has 6 heteroatoms. The van der Waals surface area contributed by atoms with E-state index in [1.54, 1.807) is 18.5 Å². The molecule has 1 aromatic heterocycles. The van der Waals surface area contributed by atoms with Gasteiger partial charge in [-0.2, -0.15) is 0 Å². The van der Waals surface area contributed by atoms with Crippen molar-refractivity contribution in [2.75, 3.05) is 0 Å². The Bertz CT molecular complexity index is 631. The molecule has 0 saturated heterocycles. The molecular weight excluding hydrogens is 271 g/mol. The van der Waals surface area contributed by atoms with Gasteiger partial charge in [0.2, 0.25) is 0 Å². The summed E-state index contributed by atoms with van der Waals surface area (Å²) in [7, 11) is 0. The molecule has 2 aromatic rings. The number of aromatic nitrogens is 1. The van der Waals surface area contributed by atoms with E-state index < -0.39 is 5.82 Å². The Labute approximate surface area is 122 Å². The molecule has 0 spiro atoms. The minimum Gasteiger partial charge on any atom is -0.409 e. The maximum absolute atomic E-state index is 13.5. The molecular formula is C15H17FN4O. The largest absolute Gasteiger partial charge is 0.409 e. The van der Waals surface area contributed by atoms with Crippen molar-refractivity contribution >= 4 is 5.84 Å². The molecule has 21 heavy (non-hydrogen) atoms. The lowest BCUT2D eigenvalue weighted by Gasteiger charge is -2.14. The van der Waals surface area contributed by atoms with Gasteiger partial charge in [0.1, 0.15) is 5.82 Å². The molecule has 4 N–H and O–H groups in total. The van der Waals surface area contributed by atoms with Gasteiger partial charge in [-0.05, 0) is 42.3 Å². The molecule has 1 heterocycles. The zero-order valence-electron chi connectivity index (χ0n) is 11.6. The first-order chi connectivity index (χ1) is 10.1. The Hall–Kier alpha value is -2.47. The van der Waals surface area contributed by atoms with Gasteiger partial charge in [0.05, 0.1) is 0 Å². The van der Waals surface area contributed by atoms with E-state index in [-0.39, 0.29) is 11.9 Å². The molecule has 0 amide bonds. The maximum Gasteiger partial charge on any atom is 0.170 e. The molecule has 5 nitrogen and oxygen atoms in total. The van der Waals surface area contributed by atoms with Crippen LogP contribution in [-0.2, 0) is 6.54 Å². The highest BCUT2D eigenvalue weighted by Crippen LogP contribution is 2.13. The Morgan fingerprint density at radius 3 is 2.95 bits per heavy atom. The van der Waals surface area contributed by atoms with Gasteiger partial charge in [-0.3, -0.25) is 4.98 Å². The number of oxime groups is 1. The number of nitrogens with one attached hydrogen (secondary N) is 1. The van der Waals surface area contributed by atoms with E-state index >= 15 is 0 Å². The van der Waals surface area contributed by atoms with Crippen LogP contribution in [0.15, 0.2) is 47.9 Å². The first-order valence-electron chi connectivity index (χ1n) is 6.51. The van der Waals surface area contributed by atoms with E-state index in [9.17, 15) is 4.39 Å². The van der Waals surface area contributed by atoms with E-state index in [4.69, 9.17) is 10.9 Å². The van der Waals surface area contributed by atoms with Crippen LogP contribution in [0.2, 0.25) is 0 Å². The highest BCUT2D eigenvalue weighted by molar-refractivity contribution is 5.97. The minimum absolute atomic E-state index is 0.0780. The number of nitrogens with zero attached hydrogens (tertiary/aromatic N) is 2. The average Bonchev–Trinajstić information content (AvgIpc) is 2.52. The fourth-order valence-corrected chi connectivity index (χ4v) is 1.98. The third kappa shape index (κ3) is 4.00. The fourth-order valence-electron chi connectivity index (χ4n) is 1.98. The topological polar surface area (TPSA) is 83.5 Å². The van der Waals surface area contributed by atoms with Gasteiger partial charge in [0, 0.05) is 30.5 Å². The van der Waals surface area contributed by atoms with Crippen LogP contribution < -0.4 is 11.1 Å². The lowest BCUT2D eigenvalue weighted by molar-refractivity contribution is 0.318. The van der Waals surface area contributed by atoms with E-state index in [1.807, 2.05) is 19.1 Å². The molecule has 1 atom stereocenters. The zero-order chi connectivity index (χ0) is 15.2. The summed E-state index contributed by atoms with van der Waals surface area (Å²) < 4.78 is 13.5. The highest BCUT2D eigenvalue weighted by atomic mass is 19.1. The molecule has 0 aliphatic carbocycles. The number of pyridine rings is 1. The van der Waals surface area contributed by atoms with Crippen LogP contribution in [-0.4, -0.2) is 16.0 Å². The van der Waals surface area contributed by atoms with Gasteiger partial charge in [-0.15, -0.1) is 0 Å². The summed E-state index contributed by atoms with van der Waals surface area (Å²) in [6.07, 6.45) is 3.50. The van der Waals surface area contributed by atoms with Crippen LogP contribution in [0.3, 0.4) is 0 Å². The normalized spacial score (nSPS) is 13.1. The van der Waals surface area contributed by atoms with Crippen LogP contribution >= 0.6 is 0 Å². The van der Waals surface area contributed by atoms with E-state index in [0.29, 0.717) is 17.7 Å². The van der Waals surface area contributed by atoms with Crippen molar-refractivity contribution in [1.29, 1.82) is 0 Å². The van der Waals surface area contributed by atoms with Gasteiger partial charge >= 0.3 is 0 Å². The smallest absolute Gasteiger partial charge is 0.170 e. The number of halogens is 1. The van der Waals surface area contributed by atoms with Crippen molar-refractivity contribution in [2.24, 2.45) is 10.9 Å². The molecule has 2 rings (SSSR count). The summed E-state index contributed by atoms with van der Waals surface area (Å²) in [5.41, 5.74) is 7.60. The van der Waals surface area contributed by atoms with Crippen molar-refractivity contribution in [3.8, 4) is 0 Å². The second kappa shape index (κ2) is 6.81. The first-order valence-corrected chi connectivity index (χ1v) is 6.51. The molecule has 0 radical (unpaired) electrons. The molecule has 0 aliphatic rings. The zero-order valence-corrected chi connectivity index (χ0v) is 11.6. The Kier molecular flexibility index (Phi) is 4.84. The van der Waals surface area contributed by atoms with E-state index in [0.717, 1.165) is 5.56 Å². The molecule has 0 aliphatic heterocycles. The fraction of sp³-hybridized carbons (Fsp3) is 0.200. The number of rotatable bonds is 5. The van der Waals surface area contributed by atoms with Crippen LogP contribution in [0.25, 0.3) is 0 Å². The monoisotopic (exact) mass is 288 g/mol. The summed E-state index contributed by atoms with van der Waals surface area (Å²) in [6, 6.07) is 8.24. The Morgan fingerprint density at radius 2 is 2.29 bits per heavy atom. The van der Waals surface area contributed by atoms with Crippen LogP contribution in [0.5, 0.6) is 0 Å². The molecule has 0 unspecified atom stereocenters. The maximum atomic E-state index is 13.5. The lowest BCUT2D eigenvalue weighted by Crippen LogP contribution is -2.19. The predicted octanol–water partition coefficient (Wildman–Crippen LogP) is 2.17. The summed E-state index contributed by atoms with van der Waals surface area (Å²) in [4.78, 5) is 4.06. The predicted molar refractivity (Wildman–Crippen MR) is 78.4 cm³/mol. The van der Waals surface area contributed by atoms with Crippen molar-refractivity contribution in [2.45, 2.75) is 19.5 Å². The Balaban J connectivity index is 2.08. The van der Waals surface area contributed by atoms with Gasteiger partial charge < -0.3 is 16.3 Å². The summed E-state index contributed by atoms with van der Waals surface area (Å²) in [5, 5.41) is 14.8. The molecule has 110 valence electrons.